The minimum absolute atomic E-state index is 0.135. The molecule has 0 bridgehead atoms. The lowest BCUT2D eigenvalue weighted by Crippen LogP contribution is -1.92. The average molecular weight is 130 g/mol. The van der Waals surface area contributed by atoms with Crippen LogP contribution in [0, 0.1) is 0 Å². The molecule has 9 heavy (non-hydrogen) atoms. The van der Waals surface area contributed by atoms with Gasteiger partial charge in [-0.3, -0.25) is 0 Å². The highest BCUT2D eigenvalue weighted by Crippen LogP contribution is 1.93. The number of alkyl halides is 1. The van der Waals surface area contributed by atoms with Gasteiger partial charge in [0.25, 0.3) is 0 Å². The van der Waals surface area contributed by atoms with Crippen molar-refractivity contribution in [3.63, 3.8) is 0 Å². The fourth-order valence-corrected chi connectivity index (χ4v) is 0.414. The van der Waals surface area contributed by atoms with Gasteiger partial charge in [0.15, 0.2) is 0 Å². The highest BCUT2D eigenvalue weighted by Gasteiger charge is 1.84. The van der Waals surface area contributed by atoms with Crippen LogP contribution in [-0.2, 0) is 4.74 Å². The summed E-state index contributed by atoms with van der Waals surface area (Å²) < 4.78 is 16.3. The standard InChI is InChI=1S/C7H11FO/c1-3-4-7(2)9-6-5-8/h3-4H,1,5-6H2,2H3/b7-4+. The molecule has 0 aliphatic carbocycles. The number of hydrogen-bond acceptors (Lipinski definition) is 1. The maximum absolute atomic E-state index is 11.4. The summed E-state index contributed by atoms with van der Waals surface area (Å²) in [6, 6.07) is 0. The fraction of sp³-hybridized carbons (Fsp3) is 0.429. The zero-order valence-corrected chi connectivity index (χ0v) is 5.56. The highest BCUT2D eigenvalue weighted by atomic mass is 19.1. The molecule has 0 heterocycles. The van der Waals surface area contributed by atoms with Crippen LogP contribution in [0.2, 0.25) is 0 Å². The molecular weight excluding hydrogens is 119 g/mol. The minimum Gasteiger partial charge on any atom is -0.496 e. The second-order valence-electron chi connectivity index (χ2n) is 1.55. The molecule has 0 atom stereocenters. The predicted molar refractivity (Wildman–Crippen MR) is 35.9 cm³/mol. The molecule has 0 radical (unpaired) electrons. The average Bonchev–Trinajstić information content (AvgIpc) is 1.85. The number of hydrogen-bond donors (Lipinski definition) is 0. The molecule has 0 aromatic rings. The van der Waals surface area contributed by atoms with E-state index in [0.29, 0.717) is 5.76 Å². The summed E-state index contributed by atoms with van der Waals surface area (Å²) in [7, 11) is 0. The van der Waals surface area contributed by atoms with Gasteiger partial charge >= 0.3 is 0 Å². The first-order chi connectivity index (χ1) is 4.31. The van der Waals surface area contributed by atoms with Crippen LogP contribution in [0.4, 0.5) is 4.39 Å². The van der Waals surface area contributed by atoms with E-state index in [-0.39, 0.29) is 6.61 Å². The summed E-state index contributed by atoms with van der Waals surface area (Å²) in [5.41, 5.74) is 0. The van der Waals surface area contributed by atoms with E-state index in [4.69, 9.17) is 4.74 Å². The molecule has 1 nitrogen and oxygen atoms in total. The normalized spacial score (nSPS) is 11.1. The summed E-state index contributed by atoms with van der Waals surface area (Å²) in [6.07, 6.45) is 3.29. The van der Waals surface area contributed by atoms with E-state index < -0.39 is 6.67 Å². The smallest absolute Gasteiger partial charge is 0.123 e. The Balaban J connectivity index is 3.36. The predicted octanol–water partition coefficient (Wildman–Crippen LogP) is 2.06. The van der Waals surface area contributed by atoms with Gasteiger partial charge < -0.3 is 4.74 Å². The summed E-state index contributed by atoms with van der Waals surface area (Å²) >= 11 is 0. The van der Waals surface area contributed by atoms with Crippen LogP contribution in [0.5, 0.6) is 0 Å². The largest absolute Gasteiger partial charge is 0.496 e. The van der Waals surface area contributed by atoms with Crippen molar-refractivity contribution in [1.29, 1.82) is 0 Å². The van der Waals surface area contributed by atoms with Crippen molar-refractivity contribution in [2.45, 2.75) is 6.92 Å². The van der Waals surface area contributed by atoms with E-state index in [0.717, 1.165) is 0 Å². The third kappa shape index (κ3) is 5.07. The van der Waals surface area contributed by atoms with E-state index in [1.54, 1.807) is 19.1 Å². The van der Waals surface area contributed by atoms with Gasteiger partial charge in [0.1, 0.15) is 13.3 Å². The number of halogens is 1. The highest BCUT2D eigenvalue weighted by molar-refractivity contribution is 5.01. The Morgan fingerprint density at radius 2 is 2.44 bits per heavy atom. The number of rotatable bonds is 4. The monoisotopic (exact) mass is 130 g/mol. The third-order valence-electron chi connectivity index (χ3n) is 0.759. The van der Waals surface area contributed by atoms with Crippen LogP contribution in [0.15, 0.2) is 24.5 Å². The van der Waals surface area contributed by atoms with Gasteiger partial charge in [-0.1, -0.05) is 12.7 Å². The van der Waals surface area contributed by atoms with Crippen LogP contribution in [0.3, 0.4) is 0 Å². The van der Waals surface area contributed by atoms with Crippen molar-refractivity contribution in [1.82, 2.24) is 0 Å². The second-order valence-corrected chi connectivity index (χ2v) is 1.55. The van der Waals surface area contributed by atoms with Crippen LogP contribution in [0.25, 0.3) is 0 Å². The van der Waals surface area contributed by atoms with Gasteiger partial charge in [0, 0.05) is 0 Å². The van der Waals surface area contributed by atoms with E-state index >= 15 is 0 Å². The molecule has 0 spiro atoms. The molecule has 0 aromatic carbocycles. The van der Waals surface area contributed by atoms with Crippen molar-refractivity contribution in [2.24, 2.45) is 0 Å². The molecule has 0 aliphatic heterocycles. The first-order valence-corrected chi connectivity index (χ1v) is 2.79. The molecule has 0 unspecified atom stereocenters. The summed E-state index contributed by atoms with van der Waals surface area (Å²) in [6.45, 7) is 4.91. The Morgan fingerprint density at radius 3 is 2.89 bits per heavy atom. The lowest BCUT2D eigenvalue weighted by molar-refractivity contribution is 0.189. The number of ether oxygens (including phenoxy) is 1. The van der Waals surface area contributed by atoms with Crippen molar-refractivity contribution in [2.75, 3.05) is 13.3 Å². The Morgan fingerprint density at radius 1 is 1.78 bits per heavy atom. The van der Waals surface area contributed by atoms with Crippen molar-refractivity contribution >= 4 is 0 Å². The zero-order valence-electron chi connectivity index (χ0n) is 5.56. The van der Waals surface area contributed by atoms with Crippen LogP contribution >= 0.6 is 0 Å². The lowest BCUT2D eigenvalue weighted by Gasteiger charge is -2.00. The third-order valence-corrected chi connectivity index (χ3v) is 0.759. The van der Waals surface area contributed by atoms with E-state index in [9.17, 15) is 4.39 Å². The number of allylic oxidation sites excluding steroid dienone is 3. The van der Waals surface area contributed by atoms with E-state index in [2.05, 4.69) is 6.58 Å². The van der Waals surface area contributed by atoms with E-state index in [1.165, 1.54) is 0 Å². The Labute approximate surface area is 54.8 Å². The molecule has 0 amide bonds. The van der Waals surface area contributed by atoms with Gasteiger partial charge in [-0.15, -0.1) is 0 Å². The second kappa shape index (κ2) is 5.35. The molecule has 0 aromatic heterocycles. The fourth-order valence-electron chi connectivity index (χ4n) is 0.414. The van der Waals surface area contributed by atoms with E-state index in [1.807, 2.05) is 0 Å². The minimum atomic E-state index is -0.442. The zero-order chi connectivity index (χ0) is 7.11. The summed E-state index contributed by atoms with van der Waals surface area (Å²) in [5, 5.41) is 0. The topological polar surface area (TPSA) is 9.23 Å². The maximum atomic E-state index is 11.4. The van der Waals surface area contributed by atoms with Crippen LogP contribution < -0.4 is 0 Å². The molecule has 52 valence electrons. The lowest BCUT2D eigenvalue weighted by atomic mass is 10.5. The van der Waals surface area contributed by atoms with Gasteiger partial charge in [-0.05, 0) is 13.0 Å². The Bertz CT molecular complexity index is 107. The summed E-state index contributed by atoms with van der Waals surface area (Å²) in [4.78, 5) is 0. The van der Waals surface area contributed by atoms with Crippen molar-refractivity contribution < 1.29 is 9.13 Å². The Hall–Kier alpha value is -0.790. The summed E-state index contributed by atoms with van der Waals surface area (Å²) in [5.74, 6) is 0.697. The van der Waals surface area contributed by atoms with Crippen LogP contribution in [-0.4, -0.2) is 13.3 Å². The molecule has 2 heteroatoms. The Kier molecular flexibility index (Phi) is 4.88. The SMILES string of the molecule is C=C/C=C(\C)OCCF. The quantitative estimate of drug-likeness (QED) is 0.418. The van der Waals surface area contributed by atoms with Gasteiger partial charge in [-0.25, -0.2) is 4.39 Å². The molecule has 0 saturated heterocycles. The van der Waals surface area contributed by atoms with Crippen LogP contribution in [0.1, 0.15) is 6.92 Å². The van der Waals surface area contributed by atoms with Gasteiger partial charge in [0.05, 0.1) is 5.76 Å². The first kappa shape index (κ1) is 8.21. The molecule has 0 rings (SSSR count). The van der Waals surface area contributed by atoms with Crippen molar-refractivity contribution in [3.8, 4) is 0 Å². The molecule has 0 saturated carbocycles. The van der Waals surface area contributed by atoms with Gasteiger partial charge in [0.2, 0.25) is 0 Å². The molecule has 0 aliphatic rings. The van der Waals surface area contributed by atoms with Crippen molar-refractivity contribution in [3.05, 3.63) is 24.5 Å². The molecule has 0 N–H and O–H groups in total. The first-order valence-electron chi connectivity index (χ1n) is 2.79. The molecule has 0 fully saturated rings. The van der Waals surface area contributed by atoms with Gasteiger partial charge in [-0.2, -0.15) is 0 Å². The maximum Gasteiger partial charge on any atom is 0.123 e. The molecular formula is C7H11FO.